The van der Waals surface area contributed by atoms with Crippen LogP contribution in [0, 0.1) is 47.3 Å². The minimum atomic E-state index is -4.87. The smallest absolute Gasteiger partial charge is 0.748 e. The number of aromatic nitrogens is 4. The van der Waals surface area contributed by atoms with Crippen molar-refractivity contribution in [3.8, 4) is 0 Å². The summed E-state index contributed by atoms with van der Waals surface area (Å²) in [7, 11) is -9.28. The van der Waals surface area contributed by atoms with E-state index in [0.717, 1.165) is 45.2 Å². The Hall–Kier alpha value is -5.22. The summed E-state index contributed by atoms with van der Waals surface area (Å²) >= 11 is 0. The molecule has 4 saturated carbocycles. The Morgan fingerprint density at radius 1 is 0.389 bits per heavy atom. The second-order valence-corrected chi connectivity index (χ2v) is 29.4. The molecule has 6 aliphatic heterocycles. The summed E-state index contributed by atoms with van der Waals surface area (Å²) in [6.45, 7) is 0. The van der Waals surface area contributed by atoms with Crippen LogP contribution < -0.4 is 69.1 Å². The first-order chi connectivity index (χ1) is 42.8. The topological polar surface area (TPSA) is 322 Å². The molecule has 4 aromatic carbocycles. The molecule has 0 amide bonds. The zero-order valence-electron chi connectivity index (χ0n) is 49.1. The van der Waals surface area contributed by atoms with Gasteiger partial charge in [0.25, 0.3) is 0 Å². The summed E-state index contributed by atoms with van der Waals surface area (Å²) in [6.07, 6.45) is 17.9. The Kier molecular flexibility index (Phi) is 16.2. The van der Waals surface area contributed by atoms with Crippen LogP contribution >= 0.6 is 0 Å². The van der Waals surface area contributed by atoms with Gasteiger partial charge in [-0.3, -0.25) is 26.6 Å². The predicted octanol–water partition coefficient (Wildman–Crippen LogP) is 5.80. The third-order valence-corrected chi connectivity index (χ3v) is 24.1. The molecule has 5 saturated heterocycles. The number of rotatable bonds is 2. The molecule has 16 bridgehead atoms. The Balaban J connectivity index is 0.000000147. The van der Waals surface area contributed by atoms with E-state index in [-0.39, 0.29) is 112 Å². The number of hydrogen-bond acceptors (Lipinski definition) is 17. The van der Waals surface area contributed by atoms with E-state index in [0.29, 0.717) is 81.6 Å². The Morgan fingerprint density at radius 2 is 0.744 bits per heavy atom. The van der Waals surface area contributed by atoms with Gasteiger partial charge < -0.3 is 65.0 Å². The number of H-pyrrole nitrogens is 2. The van der Waals surface area contributed by atoms with Crippen molar-refractivity contribution in [3.63, 3.8) is 0 Å². The Bertz CT molecular complexity index is 4570. The van der Waals surface area contributed by atoms with Crippen molar-refractivity contribution >= 4 is 86.6 Å². The summed E-state index contributed by atoms with van der Waals surface area (Å²) in [6, 6.07) is 27.4. The maximum atomic E-state index is 12.7. The molecule has 4 aromatic heterocycles. The molecule has 90 heavy (non-hydrogen) atoms. The average Bonchev–Trinajstić information content (AvgIpc) is 1.62. The minimum Gasteiger partial charge on any atom is -0.748 e. The molecular weight excluding hydrogens is 1270 g/mol. The van der Waals surface area contributed by atoms with E-state index in [1.165, 1.54) is 89.2 Å². The largest absolute Gasteiger partial charge is 3.00 e. The van der Waals surface area contributed by atoms with E-state index in [2.05, 4.69) is 52.2 Å². The molecule has 22 nitrogen and oxygen atoms in total. The molecule has 0 spiro atoms. The first-order valence-electron chi connectivity index (χ1n) is 32.0. The maximum absolute atomic E-state index is 12.7. The van der Waals surface area contributed by atoms with Crippen molar-refractivity contribution in [2.45, 2.75) is 156 Å². The quantitative estimate of drug-likeness (QED) is 0.0730. The molecule has 8 aromatic rings. The number of aromatic amines is 2. The van der Waals surface area contributed by atoms with Crippen molar-refractivity contribution in [1.82, 2.24) is 57.2 Å². The van der Waals surface area contributed by atoms with Gasteiger partial charge in [0, 0.05) is 54.8 Å². The zero-order chi connectivity index (χ0) is 59.2. The van der Waals surface area contributed by atoms with E-state index in [1.807, 2.05) is 72.8 Å². The monoisotopic (exact) mass is 1340 g/mol. The van der Waals surface area contributed by atoms with Crippen molar-refractivity contribution in [2.24, 2.45) is 67.3 Å². The molecule has 9 fully saturated rings. The fourth-order valence-corrected chi connectivity index (χ4v) is 20.0. The maximum Gasteiger partial charge on any atom is 3.00 e. The van der Waals surface area contributed by atoms with E-state index in [9.17, 15) is 25.9 Å². The van der Waals surface area contributed by atoms with Gasteiger partial charge in [0.15, 0.2) is 0 Å². The van der Waals surface area contributed by atoms with Crippen LogP contribution in [-0.2, 0) is 54.4 Å². The van der Waals surface area contributed by atoms with Crippen LogP contribution in [0.3, 0.4) is 0 Å². The van der Waals surface area contributed by atoms with Gasteiger partial charge in [0.1, 0.15) is 10.1 Å². The number of hydrogen-bond donors (Lipinski definition) is 9. The fourth-order valence-electron chi connectivity index (χ4n) is 18.1. The van der Waals surface area contributed by atoms with Gasteiger partial charge in [0.2, 0.25) is 0 Å². The van der Waals surface area contributed by atoms with Crippen LogP contribution in [0.15, 0.2) is 116 Å². The normalized spacial score (nSPS) is 33.6. The molecule has 26 heteroatoms. The van der Waals surface area contributed by atoms with Crippen LogP contribution in [0.4, 0.5) is 23.3 Å². The molecule has 17 atom stereocenters. The molecule has 9 N–H and O–H groups in total. The van der Waals surface area contributed by atoms with Gasteiger partial charge in [-0.05, 0) is 102 Å². The third kappa shape index (κ3) is 10.6. The van der Waals surface area contributed by atoms with Gasteiger partial charge in [-0.25, -0.2) is 16.8 Å². The van der Waals surface area contributed by atoms with Crippen LogP contribution in [0.5, 0.6) is 0 Å². The number of nitrogens with one attached hydrogen (secondary N) is 9. The second kappa shape index (κ2) is 24.0. The molecule has 4 aliphatic carbocycles. The Labute approximate surface area is 541 Å². The van der Waals surface area contributed by atoms with Crippen LogP contribution in [0.1, 0.15) is 96.3 Å². The van der Waals surface area contributed by atoms with Crippen molar-refractivity contribution in [2.75, 3.05) is 0 Å². The third-order valence-electron chi connectivity index (χ3n) is 21.9. The van der Waals surface area contributed by atoms with Crippen molar-refractivity contribution in [3.05, 3.63) is 118 Å². The Morgan fingerprint density at radius 3 is 1.19 bits per heavy atom. The van der Waals surface area contributed by atoms with E-state index in [1.54, 1.807) is 6.07 Å². The van der Waals surface area contributed by atoms with E-state index < -0.39 is 30.4 Å². The van der Waals surface area contributed by atoms with Crippen LogP contribution in [0.25, 0.3) is 48.4 Å². The standard InChI is InChI=1S/C32H55N8O3S.C32H18N8O3S.Cu.Fe/c2*41-44(42,43)23-15-7-14-22-24(23)32-39-30-21-13-6-5-12-20(21)28(37-30)35-26-17-9-2-1-8-16(17)25(33-26)34-27-18-10-3-4-11-19(18)29(36-27)38-31(22)40-32;;/h16-32,34-40H,1-15H2,(H,41,42,43);1-15H,(H3-2,33,34,35,36,37,38,39,40,41,42,43);;/q-1;-2;+2;+3/p-2. The average molecular weight is 1340 g/mol. The van der Waals surface area contributed by atoms with Gasteiger partial charge >= 0.3 is 34.1 Å². The summed E-state index contributed by atoms with van der Waals surface area (Å²) in [5, 5.41) is 38.0. The summed E-state index contributed by atoms with van der Waals surface area (Å²) in [4.78, 5) is 35.2. The summed E-state index contributed by atoms with van der Waals surface area (Å²) in [5.74, 6) is 5.04. The molecule has 2 radical (unpaired) electrons. The predicted molar refractivity (Wildman–Crippen MR) is 329 cm³/mol. The van der Waals surface area contributed by atoms with Gasteiger partial charge in [0.05, 0.1) is 80.5 Å². The molecule has 17 unspecified atom stereocenters. The summed E-state index contributed by atoms with van der Waals surface area (Å²) in [5.41, 5.74) is 1.22. The molecule has 10 aliphatic rings. The second-order valence-electron chi connectivity index (χ2n) is 26.5. The number of nitrogens with zero attached hydrogens (tertiary/aromatic N) is 7. The first-order valence-corrected chi connectivity index (χ1v) is 34.9. The molecule has 474 valence electrons. The summed E-state index contributed by atoms with van der Waals surface area (Å²) < 4.78 is 75.3. The molecule has 10 heterocycles. The molecular formula is C64H71CuFeN16O6S2. The van der Waals surface area contributed by atoms with E-state index in [4.69, 9.17) is 30.3 Å². The van der Waals surface area contributed by atoms with Gasteiger partial charge in [-0.15, -0.1) is 0 Å². The SMILES string of the molecule is O=S(=O)([O-])C1CCCC2C3NC4NC(NC5[N-]C(NC6NC(NC(N3)C21)C1CCCCC61)C1CCCCC51)C1CCCCC41.O=S(=O)([O-])c1cccc2c3[n-]c(c12)=Nc1[nH]c(c2ccccc12)N=c1[n-]c(c2ccccc12)=Nc1[nH]c(c2ccccc12)N=3.[Cu+2].[Fe+3]. The van der Waals surface area contributed by atoms with E-state index >= 15 is 0 Å². The first kappa shape index (κ1) is 61.0. The van der Waals surface area contributed by atoms with Crippen LogP contribution in [-0.4, -0.2) is 90.5 Å². The van der Waals surface area contributed by atoms with Gasteiger partial charge in [-0.2, -0.15) is 0 Å². The number of benzene rings is 4. The van der Waals surface area contributed by atoms with Gasteiger partial charge in [-0.1, -0.05) is 155 Å². The zero-order valence-corrected chi connectivity index (χ0v) is 52.8. The van der Waals surface area contributed by atoms with Crippen molar-refractivity contribution in [1.29, 1.82) is 0 Å². The number of fused-ring (bicyclic) bond motifs is 40. The van der Waals surface area contributed by atoms with Crippen LogP contribution in [0.2, 0.25) is 0 Å². The minimum absolute atomic E-state index is 0. The molecule has 18 rings (SSSR count). The van der Waals surface area contributed by atoms with Crippen molar-refractivity contribution < 1.29 is 60.1 Å². The fraction of sp³-hybridized carbons (Fsp3) is 0.500.